The lowest BCUT2D eigenvalue weighted by atomic mass is 10.0. The van der Waals surface area contributed by atoms with Crippen LogP contribution in [0.25, 0.3) is 0 Å². The second-order valence-electron chi connectivity index (χ2n) is 4.70. The molecule has 0 amide bonds. The first-order valence-electron chi connectivity index (χ1n) is 6.36. The summed E-state index contributed by atoms with van der Waals surface area (Å²) in [6, 6.07) is 4.12. The Bertz CT molecular complexity index is 537. The molecule has 0 bridgehead atoms. The number of halogens is 1. The highest BCUT2D eigenvalue weighted by atomic mass is 35.5. The summed E-state index contributed by atoms with van der Waals surface area (Å²) in [5.74, 6) is -1.24. The first-order chi connectivity index (χ1) is 9.81. The van der Waals surface area contributed by atoms with E-state index < -0.39 is 16.4 Å². The highest BCUT2D eigenvalue weighted by molar-refractivity contribution is 6.32. The Morgan fingerprint density at radius 1 is 1.57 bits per heavy atom. The van der Waals surface area contributed by atoms with E-state index in [1.165, 1.54) is 25.1 Å². The van der Waals surface area contributed by atoms with Gasteiger partial charge in [-0.2, -0.15) is 0 Å². The third-order valence-corrected chi connectivity index (χ3v) is 3.18. The minimum absolute atomic E-state index is 0.0624. The number of carboxylic acids is 1. The average molecular weight is 317 g/mol. The molecule has 1 unspecified atom stereocenters. The van der Waals surface area contributed by atoms with Gasteiger partial charge in [0.15, 0.2) is 0 Å². The molecule has 1 atom stereocenters. The van der Waals surface area contributed by atoms with Crippen LogP contribution in [-0.4, -0.2) is 34.7 Å². The zero-order chi connectivity index (χ0) is 16.0. The van der Waals surface area contributed by atoms with Crippen molar-refractivity contribution >= 4 is 23.3 Å². The Kier molecular flexibility index (Phi) is 5.92. The van der Waals surface area contributed by atoms with Gasteiger partial charge in [0.1, 0.15) is 12.1 Å². The van der Waals surface area contributed by atoms with Gasteiger partial charge in [-0.25, -0.2) is 0 Å². The molecule has 21 heavy (non-hydrogen) atoms. The number of aliphatic carboxylic acids is 1. The number of nitrogens with one attached hydrogen (secondary N) is 1. The van der Waals surface area contributed by atoms with E-state index in [1.54, 1.807) is 0 Å². The number of ether oxygens (including phenoxy) is 1. The number of hydrogen-bond donors (Lipinski definition) is 2. The third kappa shape index (κ3) is 4.30. The maximum Gasteiger partial charge on any atom is 0.327 e. The van der Waals surface area contributed by atoms with Crippen LogP contribution in [0.2, 0.25) is 5.02 Å². The molecule has 0 heterocycles. The smallest absolute Gasteiger partial charge is 0.327 e. The maximum absolute atomic E-state index is 11.3. The summed E-state index contributed by atoms with van der Waals surface area (Å²) in [5.41, 5.74) is -1.66. The predicted octanol–water partition coefficient (Wildman–Crippen LogP) is 2.47. The van der Waals surface area contributed by atoms with Gasteiger partial charge in [-0.3, -0.25) is 20.2 Å². The molecule has 0 saturated carbocycles. The quantitative estimate of drug-likeness (QED) is 0.564. The van der Waals surface area contributed by atoms with Crippen LogP contribution in [0.3, 0.4) is 0 Å². The monoisotopic (exact) mass is 316 g/mol. The van der Waals surface area contributed by atoms with Crippen LogP contribution in [0.5, 0.6) is 5.75 Å². The zero-order valence-electron chi connectivity index (χ0n) is 11.8. The zero-order valence-corrected chi connectivity index (χ0v) is 12.5. The van der Waals surface area contributed by atoms with E-state index in [0.29, 0.717) is 6.54 Å². The average Bonchev–Trinajstić information content (AvgIpc) is 2.43. The molecule has 8 heteroatoms. The molecule has 1 aromatic carbocycles. The minimum atomic E-state index is -1.36. The van der Waals surface area contributed by atoms with Gasteiger partial charge < -0.3 is 9.84 Å². The number of nitro benzene ring substituents is 1. The highest BCUT2D eigenvalue weighted by Gasteiger charge is 2.34. The van der Waals surface area contributed by atoms with Gasteiger partial charge >= 0.3 is 11.7 Å². The number of para-hydroxylation sites is 1. The van der Waals surface area contributed by atoms with E-state index >= 15 is 0 Å². The lowest BCUT2D eigenvalue weighted by Gasteiger charge is -2.26. The molecular formula is C13H17ClN2O5. The second-order valence-corrected chi connectivity index (χ2v) is 5.11. The molecule has 0 saturated heterocycles. The summed E-state index contributed by atoms with van der Waals surface area (Å²) in [6.45, 7) is 3.55. The van der Waals surface area contributed by atoms with Crippen molar-refractivity contribution in [1.29, 1.82) is 0 Å². The number of carboxylic acid groups (broad SMARTS) is 1. The fraction of sp³-hybridized carbons (Fsp3) is 0.462. The summed E-state index contributed by atoms with van der Waals surface area (Å²) in [7, 11) is 0. The van der Waals surface area contributed by atoms with E-state index in [2.05, 4.69) is 5.32 Å². The number of rotatable bonds is 8. The van der Waals surface area contributed by atoms with Crippen molar-refractivity contribution in [1.82, 2.24) is 5.32 Å². The van der Waals surface area contributed by atoms with Gasteiger partial charge in [0, 0.05) is 6.07 Å². The van der Waals surface area contributed by atoms with Gasteiger partial charge in [-0.05, 0) is 26.0 Å². The van der Waals surface area contributed by atoms with Crippen LogP contribution in [-0.2, 0) is 4.79 Å². The molecule has 0 aliphatic heterocycles. The van der Waals surface area contributed by atoms with Gasteiger partial charge in [0.25, 0.3) is 0 Å². The number of carbonyl (C=O) groups is 1. The van der Waals surface area contributed by atoms with E-state index in [0.717, 1.165) is 6.42 Å². The van der Waals surface area contributed by atoms with Crippen molar-refractivity contribution in [2.45, 2.75) is 25.8 Å². The van der Waals surface area contributed by atoms with Gasteiger partial charge in [0.05, 0.1) is 9.95 Å². The number of hydrogen-bond acceptors (Lipinski definition) is 5. The van der Waals surface area contributed by atoms with Gasteiger partial charge in [0.2, 0.25) is 5.75 Å². The first kappa shape index (κ1) is 17.2. The number of nitrogens with zero attached hydrogens (tertiary/aromatic N) is 1. The molecule has 116 valence electrons. The summed E-state index contributed by atoms with van der Waals surface area (Å²) in [4.78, 5) is 21.7. The molecule has 7 nitrogen and oxygen atoms in total. The van der Waals surface area contributed by atoms with Crippen molar-refractivity contribution in [3.63, 3.8) is 0 Å². The lowest BCUT2D eigenvalue weighted by Crippen LogP contribution is -2.54. The van der Waals surface area contributed by atoms with Crippen molar-refractivity contribution in [2.24, 2.45) is 0 Å². The van der Waals surface area contributed by atoms with Crippen molar-refractivity contribution < 1.29 is 19.6 Å². The third-order valence-electron chi connectivity index (χ3n) is 2.89. The first-order valence-corrected chi connectivity index (χ1v) is 6.73. The Morgan fingerprint density at radius 3 is 2.76 bits per heavy atom. The van der Waals surface area contributed by atoms with Crippen molar-refractivity contribution in [2.75, 3.05) is 13.2 Å². The van der Waals surface area contributed by atoms with E-state index in [-0.39, 0.29) is 23.1 Å². The summed E-state index contributed by atoms with van der Waals surface area (Å²) in [5, 5.41) is 23.1. The van der Waals surface area contributed by atoms with Crippen LogP contribution in [0, 0.1) is 10.1 Å². The van der Waals surface area contributed by atoms with Crippen LogP contribution >= 0.6 is 11.6 Å². The molecular weight excluding hydrogens is 300 g/mol. The maximum atomic E-state index is 11.3. The Labute approximate surface area is 127 Å². The van der Waals surface area contributed by atoms with Crippen LogP contribution < -0.4 is 10.1 Å². The molecule has 1 aromatic rings. The predicted molar refractivity (Wildman–Crippen MR) is 77.9 cm³/mol. The Hall–Kier alpha value is -1.86. The van der Waals surface area contributed by atoms with E-state index in [1.807, 2.05) is 6.92 Å². The minimum Gasteiger partial charge on any atom is -0.483 e. The number of nitro groups is 1. The summed E-state index contributed by atoms with van der Waals surface area (Å²) < 4.78 is 5.34. The molecule has 1 rings (SSSR count). The molecule has 0 spiro atoms. The fourth-order valence-electron chi connectivity index (χ4n) is 1.59. The van der Waals surface area contributed by atoms with Crippen LogP contribution in [0.15, 0.2) is 18.2 Å². The Morgan fingerprint density at radius 2 is 2.24 bits per heavy atom. The molecule has 0 aromatic heterocycles. The van der Waals surface area contributed by atoms with Gasteiger partial charge in [-0.1, -0.05) is 24.6 Å². The fourth-order valence-corrected chi connectivity index (χ4v) is 1.81. The second kappa shape index (κ2) is 7.24. The van der Waals surface area contributed by atoms with E-state index in [9.17, 15) is 20.0 Å². The van der Waals surface area contributed by atoms with Crippen molar-refractivity contribution in [3.8, 4) is 5.75 Å². The lowest BCUT2D eigenvalue weighted by molar-refractivity contribution is -0.385. The number of benzene rings is 1. The summed E-state index contributed by atoms with van der Waals surface area (Å²) in [6.07, 6.45) is 0.745. The molecule has 0 aliphatic rings. The Balaban J connectivity index is 2.95. The molecule has 0 fully saturated rings. The SMILES string of the molecule is CCCNC(C)(COc1c(Cl)cccc1[N+](=O)[O-])C(=O)O. The molecule has 0 aliphatic carbocycles. The molecule has 2 N–H and O–H groups in total. The summed E-state index contributed by atoms with van der Waals surface area (Å²) >= 11 is 5.89. The topological polar surface area (TPSA) is 102 Å². The van der Waals surface area contributed by atoms with Crippen LogP contribution in [0.4, 0.5) is 5.69 Å². The van der Waals surface area contributed by atoms with Crippen molar-refractivity contribution in [3.05, 3.63) is 33.3 Å². The van der Waals surface area contributed by atoms with Gasteiger partial charge in [-0.15, -0.1) is 0 Å². The van der Waals surface area contributed by atoms with Crippen LogP contribution in [0.1, 0.15) is 20.3 Å². The largest absolute Gasteiger partial charge is 0.483 e. The highest BCUT2D eigenvalue weighted by Crippen LogP contribution is 2.34. The molecule has 0 radical (unpaired) electrons. The standard InChI is InChI=1S/C13H17ClN2O5/c1-3-7-15-13(2,12(17)18)8-21-11-9(14)5-4-6-10(11)16(19)20/h4-6,15H,3,7-8H2,1-2H3,(H,17,18). The van der Waals surface area contributed by atoms with E-state index in [4.69, 9.17) is 16.3 Å². The normalized spacial score (nSPS) is 13.5.